The number of rotatable bonds is 3. The van der Waals surface area contributed by atoms with Crippen LogP contribution in [-0.4, -0.2) is 23.8 Å². The van der Waals surface area contributed by atoms with Gasteiger partial charge in [0.05, 0.1) is 5.69 Å². The molecule has 0 radical (unpaired) electrons. The molecule has 0 spiro atoms. The topological polar surface area (TPSA) is 52.8 Å². The van der Waals surface area contributed by atoms with Gasteiger partial charge in [0.1, 0.15) is 11.6 Å². The zero-order chi connectivity index (χ0) is 14.7. The normalized spacial score (nSPS) is 22.4. The van der Waals surface area contributed by atoms with Gasteiger partial charge in [0.2, 0.25) is 0 Å². The van der Waals surface area contributed by atoms with Gasteiger partial charge in [-0.25, -0.2) is 0 Å². The molecule has 0 unspecified atom stereocenters. The molecular formula is C16H24N4. The Kier molecular flexibility index (Phi) is 4.59. The maximum Gasteiger partial charge on any atom is 0.169 e. The van der Waals surface area contributed by atoms with Crippen LogP contribution in [0.15, 0.2) is 0 Å². The van der Waals surface area contributed by atoms with Gasteiger partial charge < -0.3 is 4.90 Å². The van der Waals surface area contributed by atoms with Crippen molar-refractivity contribution in [2.45, 2.75) is 46.5 Å². The van der Waals surface area contributed by atoms with Gasteiger partial charge in [-0.3, -0.25) is 0 Å². The molecule has 0 aromatic carbocycles. The second-order valence-corrected chi connectivity index (χ2v) is 6.23. The van der Waals surface area contributed by atoms with Crippen molar-refractivity contribution in [1.82, 2.24) is 10.2 Å². The summed E-state index contributed by atoms with van der Waals surface area (Å²) < 4.78 is 0. The number of aryl methyl sites for hydroxylation is 1. The summed E-state index contributed by atoms with van der Waals surface area (Å²) in [4.78, 5) is 2.11. The minimum atomic E-state index is 0.671. The Labute approximate surface area is 121 Å². The van der Waals surface area contributed by atoms with Crippen molar-refractivity contribution in [3.8, 4) is 6.07 Å². The predicted molar refractivity (Wildman–Crippen MR) is 80.6 cm³/mol. The maximum atomic E-state index is 9.37. The molecule has 20 heavy (non-hydrogen) atoms. The number of nitriles is 1. The van der Waals surface area contributed by atoms with E-state index in [1.165, 1.54) is 25.7 Å². The summed E-state index contributed by atoms with van der Waals surface area (Å²) in [5.41, 5.74) is 2.45. The molecule has 0 atom stereocenters. The SMILES string of the molecule is Cc1nnc(N(C)CC2CCC(C)CC2)c(C#N)c1C. The molecule has 4 nitrogen and oxygen atoms in total. The van der Waals surface area contributed by atoms with Gasteiger partial charge in [-0.1, -0.05) is 19.8 Å². The van der Waals surface area contributed by atoms with E-state index in [1.807, 2.05) is 20.9 Å². The molecular weight excluding hydrogens is 248 g/mol. The molecule has 108 valence electrons. The van der Waals surface area contributed by atoms with Crippen molar-refractivity contribution in [3.63, 3.8) is 0 Å². The summed E-state index contributed by atoms with van der Waals surface area (Å²) in [6, 6.07) is 2.29. The Balaban J connectivity index is 2.12. The third-order valence-corrected chi connectivity index (χ3v) is 4.58. The molecule has 1 aliphatic carbocycles. The van der Waals surface area contributed by atoms with Gasteiger partial charge in [0, 0.05) is 13.6 Å². The van der Waals surface area contributed by atoms with Crippen LogP contribution in [-0.2, 0) is 0 Å². The third-order valence-electron chi connectivity index (χ3n) is 4.58. The molecule has 0 amide bonds. The van der Waals surface area contributed by atoms with Crippen molar-refractivity contribution in [2.75, 3.05) is 18.5 Å². The van der Waals surface area contributed by atoms with E-state index in [2.05, 4.69) is 28.1 Å². The molecule has 1 aromatic heterocycles. The van der Waals surface area contributed by atoms with E-state index in [0.29, 0.717) is 11.5 Å². The lowest BCUT2D eigenvalue weighted by atomic mass is 9.83. The molecule has 0 aliphatic heterocycles. The van der Waals surface area contributed by atoms with Gasteiger partial charge >= 0.3 is 0 Å². The van der Waals surface area contributed by atoms with Crippen LogP contribution in [0.25, 0.3) is 0 Å². The van der Waals surface area contributed by atoms with Crippen LogP contribution in [0.3, 0.4) is 0 Å². The van der Waals surface area contributed by atoms with E-state index in [-0.39, 0.29) is 0 Å². The highest BCUT2D eigenvalue weighted by Gasteiger charge is 2.22. The molecule has 1 aromatic rings. The molecule has 1 fully saturated rings. The second kappa shape index (κ2) is 6.21. The van der Waals surface area contributed by atoms with Gasteiger partial charge in [0.15, 0.2) is 5.82 Å². The highest BCUT2D eigenvalue weighted by atomic mass is 15.2. The van der Waals surface area contributed by atoms with E-state index in [4.69, 9.17) is 0 Å². The van der Waals surface area contributed by atoms with E-state index in [0.717, 1.165) is 29.5 Å². The minimum absolute atomic E-state index is 0.671. The smallest absolute Gasteiger partial charge is 0.169 e. The first-order valence-corrected chi connectivity index (χ1v) is 7.48. The summed E-state index contributed by atoms with van der Waals surface area (Å²) >= 11 is 0. The molecule has 0 N–H and O–H groups in total. The van der Waals surface area contributed by atoms with Gasteiger partial charge in [-0.2, -0.15) is 10.4 Å². The molecule has 1 saturated carbocycles. The van der Waals surface area contributed by atoms with E-state index in [9.17, 15) is 5.26 Å². The predicted octanol–water partition coefficient (Wildman–Crippen LogP) is 3.23. The van der Waals surface area contributed by atoms with Crippen molar-refractivity contribution in [3.05, 3.63) is 16.8 Å². The first-order chi connectivity index (χ1) is 9.52. The van der Waals surface area contributed by atoms with Crippen molar-refractivity contribution >= 4 is 5.82 Å². The third kappa shape index (κ3) is 3.09. The maximum absolute atomic E-state index is 9.37. The molecule has 0 saturated heterocycles. The largest absolute Gasteiger partial charge is 0.357 e. The minimum Gasteiger partial charge on any atom is -0.357 e. The first kappa shape index (κ1) is 14.8. The number of anilines is 1. The number of hydrogen-bond donors (Lipinski definition) is 0. The fraction of sp³-hybridized carbons (Fsp3) is 0.688. The highest BCUT2D eigenvalue weighted by Crippen LogP contribution is 2.30. The van der Waals surface area contributed by atoms with Gasteiger partial charge in [-0.05, 0) is 44.1 Å². The standard InChI is InChI=1S/C16H24N4/c1-11-5-7-14(8-6-11)10-20(4)16-15(9-17)12(2)13(3)18-19-16/h11,14H,5-8,10H2,1-4H3. The Morgan fingerprint density at radius 3 is 2.45 bits per heavy atom. The summed E-state index contributed by atoms with van der Waals surface area (Å²) in [5.74, 6) is 2.31. The monoisotopic (exact) mass is 272 g/mol. The summed E-state index contributed by atoms with van der Waals surface area (Å²) in [6.07, 6.45) is 5.21. The van der Waals surface area contributed by atoms with E-state index < -0.39 is 0 Å². The average molecular weight is 272 g/mol. The van der Waals surface area contributed by atoms with Crippen molar-refractivity contribution in [1.29, 1.82) is 5.26 Å². The Morgan fingerprint density at radius 1 is 1.20 bits per heavy atom. The quantitative estimate of drug-likeness (QED) is 0.847. The fourth-order valence-electron chi connectivity index (χ4n) is 2.98. The highest BCUT2D eigenvalue weighted by molar-refractivity contribution is 5.57. The van der Waals surface area contributed by atoms with Gasteiger partial charge in [-0.15, -0.1) is 5.10 Å². The fourth-order valence-corrected chi connectivity index (χ4v) is 2.98. The lowest BCUT2D eigenvalue weighted by Crippen LogP contribution is -2.29. The number of nitrogens with zero attached hydrogens (tertiary/aromatic N) is 4. The molecule has 1 aliphatic rings. The van der Waals surface area contributed by atoms with Crippen LogP contribution in [0.1, 0.15) is 49.4 Å². The lowest BCUT2D eigenvalue weighted by molar-refractivity contribution is 0.293. The molecule has 4 heteroatoms. The summed E-state index contributed by atoms with van der Waals surface area (Å²) in [6.45, 7) is 7.15. The Bertz CT molecular complexity index is 510. The Morgan fingerprint density at radius 2 is 1.85 bits per heavy atom. The van der Waals surface area contributed by atoms with Crippen LogP contribution < -0.4 is 4.90 Å². The molecule has 2 rings (SSSR count). The van der Waals surface area contributed by atoms with Crippen molar-refractivity contribution < 1.29 is 0 Å². The summed E-state index contributed by atoms with van der Waals surface area (Å²) in [5, 5.41) is 17.8. The average Bonchev–Trinajstić information content (AvgIpc) is 2.44. The first-order valence-electron chi connectivity index (χ1n) is 7.48. The number of aromatic nitrogens is 2. The molecule has 0 bridgehead atoms. The number of hydrogen-bond acceptors (Lipinski definition) is 4. The van der Waals surface area contributed by atoms with E-state index >= 15 is 0 Å². The van der Waals surface area contributed by atoms with Crippen LogP contribution in [0, 0.1) is 37.0 Å². The zero-order valence-corrected chi connectivity index (χ0v) is 13.0. The van der Waals surface area contributed by atoms with E-state index in [1.54, 1.807) is 0 Å². The van der Waals surface area contributed by atoms with Crippen molar-refractivity contribution in [2.24, 2.45) is 11.8 Å². The van der Waals surface area contributed by atoms with Crippen LogP contribution in [0.2, 0.25) is 0 Å². The zero-order valence-electron chi connectivity index (χ0n) is 13.0. The lowest BCUT2D eigenvalue weighted by Gasteiger charge is -2.30. The van der Waals surface area contributed by atoms with Crippen LogP contribution in [0.5, 0.6) is 0 Å². The molecule has 1 heterocycles. The second-order valence-electron chi connectivity index (χ2n) is 6.23. The summed E-state index contributed by atoms with van der Waals surface area (Å²) in [7, 11) is 2.03. The Hall–Kier alpha value is -1.63. The van der Waals surface area contributed by atoms with Crippen LogP contribution in [0.4, 0.5) is 5.82 Å². The van der Waals surface area contributed by atoms with Gasteiger partial charge in [0.25, 0.3) is 0 Å². The van der Waals surface area contributed by atoms with Crippen LogP contribution >= 0.6 is 0 Å².